The van der Waals surface area contributed by atoms with Gasteiger partial charge < -0.3 is 10.2 Å². The Bertz CT molecular complexity index is 194. The fourth-order valence-electron chi connectivity index (χ4n) is 3.12. The number of hydrogen-bond donors (Lipinski definition) is 1. The molecule has 2 aliphatic heterocycles. The summed E-state index contributed by atoms with van der Waals surface area (Å²) in [6.07, 6.45) is 7.46. The molecule has 80 valence electrons. The third-order valence-electron chi connectivity index (χ3n) is 4.55. The van der Waals surface area contributed by atoms with Crippen LogP contribution in [0.5, 0.6) is 0 Å². The van der Waals surface area contributed by atoms with Crippen molar-refractivity contribution in [2.75, 3.05) is 32.7 Å². The van der Waals surface area contributed by atoms with Crippen molar-refractivity contribution in [2.45, 2.75) is 32.1 Å². The van der Waals surface area contributed by atoms with Gasteiger partial charge in [-0.05, 0) is 69.6 Å². The van der Waals surface area contributed by atoms with E-state index in [1.165, 1.54) is 64.8 Å². The first-order chi connectivity index (χ1) is 6.86. The highest BCUT2D eigenvalue weighted by Gasteiger charge is 2.44. The number of likely N-dealkylation sites (tertiary alicyclic amines) is 1. The molecule has 1 unspecified atom stereocenters. The summed E-state index contributed by atoms with van der Waals surface area (Å²) in [5, 5.41) is 3.46. The Morgan fingerprint density at radius 2 is 1.93 bits per heavy atom. The van der Waals surface area contributed by atoms with Crippen LogP contribution < -0.4 is 5.32 Å². The summed E-state index contributed by atoms with van der Waals surface area (Å²) in [7, 11) is 0. The maximum atomic E-state index is 3.46. The van der Waals surface area contributed by atoms with E-state index in [-0.39, 0.29) is 0 Å². The number of hydrogen-bond acceptors (Lipinski definition) is 2. The molecule has 14 heavy (non-hydrogen) atoms. The highest BCUT2D eigenvalue weighted by Crippen LogP contribution is 2.53. The summed E-state index contributed by atoms with van der Waals surface area (Å²) < 4.78 is 0. The van der Waals surface area contributed by atoms with Crippen LogP contribution in [0.25, 0.3) is 0 Å². The van der Waals surface area contributed by atoms with Gasteiger partial charge in [0.25, 0.3) is 0 Å². The third-order valence-corrected chi connectivity index (χ3v) is 4.55. The molecule has 2 saturated heterocycles. The Kier molecular flexibility index (Phi) is 2.29. The highest BCUT2D eigenvalue weighted by atomic mass is 15.1. The molecule has 1 spiro atoms. The van der Waals surface area contributed by atoms with E-state index in [9.17, 15) is 0 Å². The van der Waals surface area contributed by atoms with Crippen LogP contribution in [-0.2, 0) is 0 Å². The molecular weight excluding hydrogens is 172 g/mol. The van der Waals surface area contributed by atoms with Crippen LogP contribution in [0.2, 0.25) is 0 Å². The van der Waals surface area contributed by atoms with Crippen molar-refractivity contribution >= 4 is 0 Å². The smallest absolute Gasteiger partial charge is 0.00223 e. The second-order valence-corrected chi connectivity index (χ2v) is 5.66. The van der Waals surface area contributed by atoms with Crippen molar-refractivity contribution < 1.29 is 0 Å². The van der Waals surface area contributed by atoms with Gasteiger partial charge in [0.05, 0.1) is 0 Å². The highest BCUT2D eigenvalue weighted by molar-refractivity contribution is 4.97. The predicted octanol–water partition coefficient (Wildman–Crippen LogP) is 1.47. The third kappa shape index (κ3) is 1.82. The SMILES string of the molecule is C1CC(CN2CCC3(CC2)CC3)CN1. The van der Waals surface area contributed by atoms with E-state index in [1.807, 2.05) is 0 Å². The molecule has 3 fully saturated rings. The summed E-state index contributed by atoms with van der Waals surface area (Å²) >= 11 is 0. The molecular formula is C12H22N2. The van der Waals surface area contributed by atoms with Gasteiger partial charge in [-0.2, -0.15) is 0 Å². The molecule has 0 amide bonds. The van der Waals surface area contributed by atoms with Crippen LogP contribution in [0.1, 0.15) is 32.1 Å². The molecule has 0 radical (unpaired) electrons. The standard InChI is InChI=1S/C12H22N2/c1-6-13-9-11(1)10-14-7-4-12(2-3-12)5-8-14/h11,13H,1-10H2. The van der Waals surface area contributed by atoms with Crippen LogP contribution in [0.3, 0.4) is 0 Å². The Balaban J connectivity index is 1.45. The zero-order valence-corrected chi connectivity index (χ0v) is 9.10. The topological polar surface area (TPSA) is 15.3 Å². The molecule has 3 aliphatic rings. The van der Waals surface area contributed by atoms with Crippen LogP contribution in [-0.4, -0.2) is 37.6 Å². The van der Waals surface area contributed by atoms with Crippen LogP contribution in [0, 0.1) is 11.3 Å². The summed E-state index contributed by atoms with van der Waals surface area (Å²) in [5.41, 5.74) is 0.852. The van der Waals surface area contributed by atoms with E-state index in [2.05, 4.69) is 10.2 Å². The van der Waals surface area contributed by atoms with E-state index in [4.69, 9.17) is 0 Å². The monoisotopic (exact) mass is 194 g/mol. The minimum absolute atomic E-state index is 0.852. The molecule has 3 rings (SSSR count). The average molecular weight is 194 g/mol. The van der Waals surface area contributed by atoms with Crippen molar-refractivity contribution in [3.8, 4) is 0 Å². The minimum atomic E-state index is 0.852. The summed E-state index contributed by atoms with van der Waals surface area (Å²) in [6.45, 7) is 6.65. The zero-order valence-electron chi connectivity index (χ0n) is 9.10. The zero-order chi connectivity index (χ0) is 9.43. The predicted molar refractivity (Wildman–Crippen MR) is 58.3 cm³/mol. The number of nitrogens with one attached hydrogen (secondary N) is 1. The van der Waals surface area contributed by atoms with Crippen molar-refractivity contribution in [2.24, 2.45) is 11.3 Å². The van der Waals surface area contributed by atoms with Gasteiger partial charge >= 0.3 is 0 Å². The van der Waals surface area contributed by atoms with Gasteiger partial charge in [0, 0.05) is 6.54 Å². The summed E-state index contributed by atoms with van der Waals surface area (Å²) in [5.74, 6) is 0.947. The molecule has 2 heteroatoms. The molecule has 0 aromatic heterocycles. The van der Waals surface area contributed by atoms with E-state index >= 15 is 0 Å². The van der Waals surface area contributed by atoms with Crippen molar-refractivity contribution in [1.82, 2.24) is 10.2 Å². The lowest BCUT2D eigenvalue weighted by atomic mass is 9.93. The number of rotatable bonds is 2. The molecule has 2 heterocycles. The van der Waals surface area contributed by atoms with Gasteiger partial charge in [-0.25, -0.2) is 0 Å². The van der Waals surface area contributed by atoms with E-state index in [0.29, 0.717) is 0 Å². The lowest BCUT2D eigenvalue weighted by Gasteiger charge is -2.33. The van der Waals surface area contributed by atoms with Crippen LogP contribution >= 0.6 is 0 Å². The number of nitrogens with zero attached hydrogens (tertiary/aromatic N) is 1. The molecule has 0 aromatic rings. The minimum Gasteiger partial charge on any atom is -0.316 e. The van der Waals surface area contributed by atoms with Gasteiger partial charge in [-0.15, -0.1) is 0 Å². The Morgan fingerprint density at radius 1 is 1.14 bits per heavy atom. The molecule has 1 atom stereocenters. The first-order valence-corrected chi connectivity index (χ1v) is 6.29. The lowest BCUT2D eigenvalue weighted by molar-refractivity contribution is 0.154. The first kappa shape index (κ1) is 9.17. The normalized spacial score (nSPS) is 36.4. The second-order valence-electron chi connectivity index (χ2n) is 5.66. The Hall–Kier alpha value is -0.0800. The van der Waals surface area contributed by atoms with E-state index < -0.39 is 0 Å². The van der Waals surface area contributed by atoms with Gasteiger partial charge in [0.2, 0.25) is 0 Å². The van der Waals surface area contributed by atoms with E-state index in [0.717, 1.165) is 11.3 Å². The van der Waals surface area contributed by atoms with Crippen molar-refractivity contribution in [3.63, 3.8) is 0 Å². The van der Waals surface area contributed by atoms with Crippen LogP contribution in [0.15, 0.2) is 0 Å². The quantitative estimate of drug-likeness (QED) is 0.716. The summed E-state index contributed by atoms with van der Waals surface area (Å²) in [6, 6.07) is 0. The maximum absolute atomic E-state index is 3.46. The van der Waals surface area contributed by atoms with E-state index in [1.54, 1.807) is 0 Å². The van der Waals surface area contributed by atoms with Gasteiger partial charge in [0.15, 0.2) is 0 Å². The summed E-state index contributed by atoms with van der Waals surface area (Å²) in [4.78, 5) is 2.71. The van der Waals surface area contributed by atoms with Gasteiger partial charge in [-0.3, -0.25) is 0 Å². The molecule has 2 nitrogen and oxygen atoms in total. The fraction of sp³-hybridized carbons (Fsp3) is 1.00. The Morgan fingerprint density at radius 3 is 2.50 bits per heavy atom. The lowest BCUT2D eigenvalue weighted by Crippen LogP contribution is -2.38. The molecule has 1 saturated carbocycles. The van der Waals surface area contributed by atoms with Gasteiger partial charge in [-0.1, -0.05) is 0 Å². The average Bonchev–Trinajstić information content (AvgIpc) is 2.77. The molecule has 0 aromatic carbocycles. The largest absolute Gasteiger partial charge is 0.316 e. The molecule has 0 bridgehead atoms. The second kappa shape index (κ2) is 3.49. The fourth-order valence-corrected chi connectivity index (χ4v) is 3.12. The first-order valence-electron chi connectivity index (χ1n) is 6.29. The maximum Gasteiger partial charge on any atom is 0.00223 e. The van der Waals surface area contributed by atoms with Crippen molar-refractivity contribution in [3.05, 3.63) is 0 Å². The van der Waals surface area contributed by atoms with Gasteiger partial charge in [0.1, 0.15) is 0 Å². The van der Waals surface area contributed by atoms with Crippen molar-refractivity contribution in [1.29, 1.82) is 0 Å². The number of piperidine rings is 1. The Labute approximate surface area is 87.0 Å². The molecule has 1 aliphatic carbocycles. The van der Waals surface area contributed by atoms with Crippen LogP contribution in [0.4, 0.5) is 0 Å². The molecule has 1 N–H and O–H groups in total.